The predicted octanol–water partition coefficient (Wildman–Crippen LogP) is 8.98. The fraction of sp³-hybridized carbons (Fsp3) is 0. The van der Waals surface area contributed by atoms with Gasteiger partial charge in [-0.3, -0.25) is 0 Å². The van der Waals surface area contributed by atoms with E-state index in [1.807, 2.05) is 0 Å². The second-order valence-corrected chi connectivity index (χ2v) is 11.1. The van der Waals surface area contributed by atoms with Crippen LogP contribution in [0.25, 0.3) is 0 Å². The fourth-order valence-electron chi connectivity index (χ4n) is 3.37. The molecule has 202 valence electrons. The third-order valence-corrected chi connectivity index (χ3v) is 7.71. The fourth-order valence-corrected chi connectivity index (χ4v) is 5.88. The maximum atomic E-state index is 13.7. The molecule has 0 amide bonds. The molecule has 0 saturated carbocycles. The summed E-state index contributed by atoms with van der Waals surface area (Å²) >= 11 is 0. The van der Waals surface area contributed by atoms with Crippen molar-refractivity contribution >= 4 is 15.6 Å². The molecule has 0 N–H and O–H groups in total. The number of hydrogen-bond donors (Lipinski definition) is 0. The molecule has 8 nitrogen and oxygen atoms in total. The van der Waals surface area contributed by atoms with Gasteiger partial charge in [-0.15, -0.1) is 0 Å². The monoisotopic (exact) mass is 574 g/mol. The zero-order valence-electron chi connectivity index (χ0n) is 21.0. The Balaban J connectivity index is 1.35. The van der Waals surface area contributed by atoms with E-state index in [0.717, 1.165) is 0 Å². The molecular formula is C30H24O8P2. The summed E-state index contributed by atoms with van der Waals surface area (Å²) in [7, 11) is -8.36. The lowest BCUT2D eigenvalue weighted by atomic mass is 10.3. The largest absolute Gasteiger partial charge is 0.647 e. The number of phosphoric acid groups is 2. The van der Waals surface area contributed by atoms with Crippen LogP contribution in [0, 0.1) is 0 Å². The van der Waals surface area contributed by atoms with Crippen molar-refractivity contribution in [3.63, 3.8) is 0 Å². The molecule has 0 heterocycles. The molecule has 0 atom stereocenters. The maximum Gasteiger partial charge on any atom is 0.647 e. The van der Waals surface area contributed by atoms with Gasteiger partial charge in [0.2, 0.25) is 0 Å². The molecule has 10 heteroatoms. The van der Waals surface area contributed by atoms with Crippen LogP contribution in [0.15, 0.2) is 146 Å². The van der Waals surface area contributed by atoms with E-state index in [2.05, 4.69) is 0 Å². The lowest BCUT2D eigenvalue weighted by Crippen LogP contribution is -2.08. The van der Waals surface area contributed by atoms with Crippen molar-refractivity contribution in [3.05, 3.63) is 146 Å². The van der Waals surface area contributed by atoms with Crippen molar-refractivity contribution in [2.24, 2.45) is 0 Å². The molecule has 0 unspecified atom stereocenters. The van der Waals surface area contributed by atoms with Crippen molar-refractivity contribution in [1.29, 1.82) is 0 Å². The summed E-state index contributed by atoms with van der Waals surface area (Å²) in [6, 6.07) is 40.1. The van der Waals surface area contributed by atoms with Crippen molar-refractivity contribution in [2.45, 2.75) is 0 Å². The first kappa shape index (κ1) is 26.9. The van der Waals surface area contributed by atoms with Crippen molar-refractivity contribution < 1.29 is 36.3 Å². The van der Waals surface area contributed by atoms with Crippen molar-refractivity contribution in [2.75, 3.05) is 0 Å². The average Bonchev–Trinajstić information content (AvgIpc) is 2.96. The lowest BCUT2D eigenvalue weighted by Gasteiger charge is -2.20. The van der Waals surface area contributed by atoms with Gasteiger partial charge in [0.15, 0.2) is 0 Å². The molecule has 5 aromatic carbocycles. The molecule has 0 fully saturated rings. The van der Waals surface area contributed by atoms with Gasteiger partial charge in [0.1, 0.15) is 34.5 Å². The van der Waals surface area contributed by atoms with Crippen LogP contribution in [0.5, 0.6) is 34.5 Å². The van der Waals surface area contributed by atoms with Gasteiger partial charge in [0, 0.05) is 0 Å². The van der Waals surface area contributed by atoms with Gasteiger partial charge in [-0.2, -0.15) is 9.13 Å². The Labute approximate surface area is 231 Å². The summed E-state index contributed by atoms with van der Waals surface area (Å²) in [5.74, 6) is 1.53. The lowest BCUT2D eigenvalue weighted by molar-refractivity contribution is 0.294. The van der Waals surface area contributed by atoms with Crippen molar-refractivity contribution in [3.8, 4) is 34.5 Å². The molecule has 0 aromatic heterocycles. The van der Waals surface area contributed by atoms with Crippen molar-refractivity contribution in [1.82, 2.24) is 0 Å². The quantitative estimate of drug-likeness (QED) is 0.136. The van der Waals surface area contributed by atoms with E-state index < -0.39 is 15.6 Å². The van der Waals surface area contributed by atoms with Crippen LogP contribution in [0.4, 0.5) is 0 Å². The van der Waals surface area contributed by atoms with Crippen LogP contribution in [0.1, 0.15) is 0 Å². The molecule has 0 spiro atoms. The Kier molecular flexibility index (Phi) is 8.41. The van der Waals surface area contributed by atoms with Crippen LogP contribution in [0.3, 0.4) is 0 Å². The minimum atomic E-state index is -4.18. The minimum absolute atomic E-state index is 0.158. The topological polar surface area (TPSA) is 89.5 Å². The number of hydrogen-bond acceptors (Lipinski definition) is 8. The van der Waals surface area contributed by atoms with Crippen LogP contribution < -0.4 is 27.1 Å². The summed E-state index contributed by atoms with van der Waals surface area (Å²) < 4.78 is 61.3. The number of rotatable bonds is 12. The highest BCUT2D eigenvalue weighted by molar-refractivity contribution is 7.50. The van der Waals surface area contributed by atoms with Gasteiger partial charge in [-0.1, -0.05) is 72.8 Å². The van der Waals surface area contributed by atoms with Crippen LogP contribution in [-0.4, -0.2) is 0 Å². The summed E-state index contributed by atoms with van der Waals surface area (Å²) in [5.41, 5.74) is 0. The summed E-state index contributed by atoms with van der Waals surface area (Å²) in [4.78, 5) is 0. The molecular weight excluding hydrogens is 550 g/mol. The van der Waals surface area contributed by atoms with Crippen LogP contribution >= 0.6 is 15.6 Å². The van der Waals surface area contributed by atoms with Gasteiger partial charge in [-0.05, 0) is 72.8 Å². The Bertz CT molecular complexity index is 1370. The highest BCUT2D eigenvalue weighted by Gasteiger charge is 2.35. The van der Waals surface area contributed by atoms with Gasteiger partial charge in [0.25, 0.3) is 0 Å². The molecule has 5 rings (SSSR count). The minimum Gasteiger partial charge on any atom is -0.386 e. The third-order valence-electron chi connectivity index (χ3n) is 5.10. The predicted molar refractivity (Wildman–Crippen MR) is 151 cm³/mol. The average molecular weight is 574 g/mol. The van der Waals surface area contributed by atoms with Gasteiger partial charge in [-0.25, -0.2) is 0 Å². The molecule has 0 saturated heterocycles. The van der Waals surface area contributed by atoms with Gasteiger partial charge >= 0.3 is 15.6 Å². The van der Waals surface area contributed by atoms with E-state index in [1.54, 1.807) is 121 Å². The number of phosphoric ester groups is 2. The number of para-hydroxylation sites is 4. The van der Waals surface area contributed by atoms with E-state index in [4.69, 9.17) is 27.1 Å². The van der Waals surface area contributed by atoms with Crippen LogP contribution in [0.2, 0.25) is 0 Å². The second-order valence-electron chi connectivity index (χ2n) is 8.17. The SMILES string of the molecule is O=P(Oc1ccccc1)(Oc1ccccc1)Oc1ccc(OP(=O)(Oc2ccccc2)Oc2ccccc2)cc1. The first-order valence-corrected chi connectivity index (χ1v) is 15.1. The summed E-state index contributed by atoms with van der Waals surface area (Å²) in [5, 5.41) is 0. The second kappa shape index (κ2) is 12.5. The summed E-state index contributed by atoms with van der Waals surface area (Å²) in [6.45, 7) is 0. The third kappa shape index (κ3) is 7.70. The van der Waals surface area contributed by atoms with Gasteiger partial charge < -0.3 is 27.1 Å². The standard InChI is InChI=1S/C30H24O8P2/c31-39(33-25-13-5-1-6-14-25,34-26-15-7-2-8-16-26)37-29-21-23-30(24-22-29)38-40(32,35-27-17-9-3-10-18-27)36-28-19-11-4-12-20-28/h1-24H. The van der Waals surface area contributed by atoms with Gasteiger partial charge in [0.05, 0.1) is 0 Å². The first-order valence-electron chi connectivity index (χ1n) is 12.1. The van der Waals surface area contributed by atoms with Crippen LogP contribution in [-0.2, 0) is 9.13 Å². The van der Waals surface area contributed by atoms with E-state index in [9.17, 15) is 9.13 Å². The molecule has 0 radical (unpaired) electrons. The Morgan fingerprint density at radius 2 is 0.450 bits per heavy atom. The van der Waals surface area contributed by atoms with E-state index in [0.29, 0.717) is 23.0 Å². The molecule has 5 aromatic rings. The Morgan fingerprint density at radius 1 is 0.275 bits per heavy atom. The number of benzene rings is 5. The molecule has 0 aliphatic carbocycles. The highest BCUT2D eigenvalue weighted by Crippen LogP contribution is 2.52. The normalized spacial score (nSPS) is 11.2. The smallest absolute Gasteiger partial charge is 0.386 e. The Morgan fingerprint density at radius 3 is 0.650 bits per heavy atom. The molecule has 0 aliphatic rings. The van der Waals surface area contributed by atoms with E-state index >= 15 is 0 Å². The zero-order chi connectivity index (χ0) is 27.7. The first-order chi connectivity index (χ1) is 19.5. The summed E-state index contributed by atoms with van der Waals surface area (Å²) in [6.07, 6.45) is 0. The maximum absolute atomic E-state index is 13.7. The highest BCUT2D eigenvalue weighted by atomic mass is 31.2. The van der Waals surface area contributed by atoms with E-state index in [1.165, 1.54) is 24.3 Å². The Hall–Kier alpha value is -4.64. The zero-order valence-corrected chi connectivity index (χ0v) is 22.8. The molecule has 40 heavy (non-hydrogen) atoms. The molecule has 0 bridgehead atoms. The molecule has 0 aliphatic heterocycles. The van der Waals surface area contributed by atoms with E-state index in [-0.39, 0.29) is 11.5 Å².